The molecule has 2 N–H and O–H groups in total. The maximum atomic E-state index is 5.70. The fraction of sp³-hybridized carbons (Fsp3) is 1.00. The average molecular weight is 199 g/mol. The summed E-state index contributed by atoms with van der Waals surface area (Å²) >= 11 is 0. The summed E-state index contributed by atoms with van der Waals surface area (Å²) in [5.41, 5.74) is 5.70. The van der Waals surface area contributed by atoms with Gasteiger partial charge in [0.15, 0.2) is 0 Å². The first kappa shape index (κ1) is 12.0. The van der Waals surface area contributed by atoms with Crippen molar-refractivity contribution in [3.8, 4) is 0 Å². The van der Waals surface area contributed by atoms with Gasteiger partial charge in [-0.05, 0) is 40.4 Å². The molecule has 2 atom stereocenters. The van der Waals surface area contributed by atoms with Gasteiger partial charge in [-0.3, -0.25) is 4.90 Å². The lowest BCUT2D eigenvalue weighted by atomic mass is 10.1. The summed E-state index contributed by atoms with van der Waals surface area (Å²) in [6.07, 6.45) is 4.03. The van der Waals surface area contributed by atoms with E-state index in [2.05, 4.69) is 30.8 Å². The van der Waals surface area contributed by atoms with Gasteiger partial charge in [-0.15, -0.1) is 0 Å². The molecule has 0 aliphatic carbocycles. The summed E-state index contributed by atoms with van der Waals surface area (Å²) < 4.78 is 0. The molecule has 0 aromatic carbocycles. The van der Waals surface area contributed by atoms with E-state index in [-0.39, 0.29) is 0 Å². The van der Waals surface area contributed by atoms with Crippen molar-refractivity contribution in [1.29, 1.82) is 0 Å². The van der Waals surface area contributed by atoms with Crippen molar-refractivity contribution < 1.29 is 0 Å². The fourth-order valence-electron chi connectivity index (χ4n) is 2.16. The van der Waals surface area contributed by atoms with Crippen LogP contribution in [0.1, 0.15) is 26.2 Å². The molecule has 0 radical (unpaired) electrons. The molecule has 0 saturated carbocycles. The van der Waals surface area contributed by atoms with Crippen LogP contribution in [-0.4, -0.2) is 55.6 Å². The van der Waals surface area contributed by atoms with Crippen molar-refractivity contribution in [3.05, 3.63) is 0 Å². The molecule has 0 aromatic rings. The first-order valence-electron chi connectivity index (χ1n) is 5.75. The molecule has 1 aliphatic heterocycles. The van der Waals surface area contributed by atoms with Crippen LogP contribution < -0.4 is 5.73 Å². The van der Waals surface area contributed by atoms with Gasteiger partial charge in [0.2, 0.25) is 0 Å². The van der Waals surface area contributed by atoms with E-state index < -0.39 is 0 Å². The molecule has 0 spiro atoms. The maximum absolute atomic E-state index is 5.70. The lowest BCUT2D eigenvalue weighted by Gasteiger charge is -2.33. The molecule has 1 fully saturated rings. The molecule has 0 amide bonds. The Balaban J connectivity index is 2.47. The molecule has 1 aliphatic rings. The van der Waals surface area contributed by atoms with E-state index in [1.165, 1.54) is 32.4 Å². The molecule has 1 rings (SSSR count). The average Bonchev–Trinajstić information content (AvgIpc) is 2.40. The van der Waals surface area contributed by atoms with E-state index in [1.807, 2.05) is 0 Å². The SMILES string of the molecule is CC(CN)N(C)C1CCCCN(C)C1. The van der Waals surface area contributed by atoms with Crippen molar-refractivity contribution in [3.63, 3.8) is 0 Å². The van der Waals surface area contributed by atoms with Gasteiger partial charge in [0.1, 0.15) is 0 Å². The van der Waals surface area contributed by atoms with Gasteiger partial charge in [-0.25, -0.2) is 0 Å². The quantitative estimate of drug-likeness (QED) is 0.728. The van der Waals surface area contributed by atoms with Crippen LogP contribution in [0.25, 0.3) is 0 Å². The van der Waals surface area contributed by atoms with E-state index in [0.29, 0.717) is 12.1 Å². The van der Waals surface area contributed by atoms with Gasteiger partial charge < -0.3 is 10.6 Å². The molecule has 1 saturated heterocycles. The third-order valence-electron chi connectivity index (χ3n) is 3.46. The molecule has 3 heteroatoms. The summed E-state index contributed by atoms with van der Waals surface area (Å²) in [7, 11) is 4.43. The number of nitrogens with zero attached hydrogens (tertiary/aromatic N) is 2. The van der Waals surface area contributed by atoms with Crippen LogP contribution in [0.2, 0.25) is 0 Å². The van der Waals surface area contributed by atoms with Crippen LogP contribution in [0, 0.1) is 0 Å². The largest absolute Gasteiger partial charge is 0.329 e. The zero-order valence-electron chi connectivity index (χ0n) is 9.87. The van der Waals surface area contributed by atoms with Crippen molar-refractivity contribution in [2.45, 2.75) is 38.3 Å². The van der Waals surface area contributed by atoms with Crippen LogP contribution in [-0.2, 0) is 0 Å². The van der Waals surface area contributed by atoms with Crippen LogP contribution in [0.15, 0.2) is 0 Å². The third-order valence-corrected chi connectivity index (χ3v) is 3.46. The zero-order valence-corrected chi connectivity index (χ0v) is 9.87. The van der Waals surface area contributed by atoms with Crippen molar-refractivity contribution in [2.75, 3.05) is 33.7 Å². The number of nitrogens with two attached hydrogens (primary N) is 1. The van der Waals surface area contributed by atoms with E-state index in [1.54, 1.807) is 0 Å². The molecular formula is C11H25N3. The first-order valence-corrected chi connectivity index (χ1v) is 5.75. The van der Waals surface area contributed by atoms with Crippen molar-refractivity contribution in [1.82, 2.24) is 9.80 Å². The number of likely N-dealkylation sites (tertiary alicyclic amines) is 1. The Morgan fingerprint density at radius 3 is 2.86 bits per heavy atom. The highest BCUT2D eigenvalue weighted by atomic mass is 15.2. The fourth-order valence-corrected chi connectivity index (χ4v) is 2.16. The zero-order chi connectivity index (χ0) is 10.6. The molecule has 84 valence electrons. The molecule has 1 heterocycles. The standard InChI is InChI=1S/C11H25N3/c1-10(8-12)14(3)11-6-4-5-7-13(2)9-11/h10-11H,4-9,12H2,1-3H3. The van der Waals surface area contributed by atoms with E-state index in [4.69, 9.17) is 5.73 Å². The number of hydrogen-bond donors (Lipinski definition) is 1. The summed E-state index contributed by atoms with van der Waals surface area (Å²) in [6, 6.07) is 1.20. The van der Waals surface area contributed by atoms with Crippen molar-refractivity contribution in [2.24, 2.45) is 5.73 Å². The summed E-state index contributed by atoms with van der Waals surface area (Å²) in [5, 5.41) is 0. The second kappa shape index (κ2) is 5.69. The summed E-state index contributed by atoms with van der Waals surface area (Å²) in [5.74, 6) is 0. The minimum atomic E-state index is 0.506. The first-order chi connectivity index (χ1) is 6.65. The number of rotatable bonds is 3. The lowest BCUT2D eigenvalue weighted by molar-refractivity contribution is 0.150. The molecular weight excluding hydrogens is 174 g/mol. The van der Waals surface area contributed by atoms with E-state index in [0.717, 1.165) is 6.54 Å². The Labute approximate surface area is 88.2 Å². The van der Waals surface area contributed by atoms with Gasteiger partial charge in [-0.2, -0.15) is 0 Å². The Morgan fingerprint density at radius 2 is 2.21 bits per heavy atom. The maximum Gasteiger partial charge on any atom is 0.0223 e. The predicted molar refractivity (Wildman–Crippen MR) is 61.4 cm³/mol. The monoisotopic (exact) mass is 199 g/mol. The Bertz CT molecular complexity index is 161. The van der Waals surface area contributed by atoms with Gasteiger partial charge in [0, 0.05) is 25.2 Å². The number of hydrogen-bond acceptors (Lipinski definition) is 3. The van der Waals surface area contributed by atoms with Crippen molar-refractivity contribution >= 4 is 0 Å². The normalized spacial score (nSPS) is 27.6. The predicted octanol–water partition coefficient (Wildman–Crippen LogP) is 0.750. The highest BCUT2D eigenvalue weighted by Gasteiger charge is 2.22. The molecule has 0 bridgehead atoms. The Morgan fingerprint density at radius 1 is 1.50 bits per heavy atom. The number of likely N-dealkylation sites (N-methyl/N-ethyl adjacent to an activating group) is 2. The highest BCUT2D eigenvalue weighted by Crippen LogP contribution is 2.15. The van der Waals surface area contributed by atoms with Gasteiger partial charge >= 0.3 is 0 Å². The van der Waals surface area contributed by atoms with Gasteiger partial charge in [-0.1, -0.05) is 6.42 Å². The minimum Gasteiger partial charge on any atom is -0.329 e. The van der Waals surface area contributed by atoms with Crippen LogP contribution in [0.3, 0.4) is 0 Å². The smallest absolute Gasteiger partial charge is 0.0223 e. The highest BCUT2D eigenvalue weighted by molar-refractivity contribution is 4.79. The van der Waals surface area contributed by atoms with Crippen LogP contribution >= 0.6 is 0 Å². The van der Waals surface area contributed by atoms with Gasteiger partial charge in [0.25, 0.3) is 0 Å². The molecule has 3 nitrogen and oxygen atoms in total. The van der Waals surface area contributed by atoms with Gasteiger partial charge in [0.05, 0.1) is 0 Å². The summed E-state index contributed by atoms with van der Waals surface area (Å²) in [4.78, 5) is 4.89. The molecule has 2 unspecified atom stereocenters. The molecule has 0 aromatic heterocycles. The summed E-state index contributed by atoms with van der Waals surface area (Å²) in [6.45, 7) is 5.42. The third kappa shape index (κ3) is 3.23. The lowest BCUT2D eigenvalue weighted by Crippen LogP contribution is -2.46. The Hall–Kier alpha value is -0.120. The van der Waals surface area contributed by atoms with Crippen LogP contribution in [0.5, 0.6) is 0 Å². The minimum absolute atomic E-state index is 0.506. The van der Waals surface area contributed by atoms with E-state index in [9.17, 15) is 0 Å². The van der Waals surface area contributed by atoms with Crippen LogP contribution in [0.4, 0.5) is 0 Å². The van der Waals surface area contributed by atoms with E-state index >= 15 is 0 Å². The second-order valence-electron chi connectivity index (χ2n) is 4.66. The Kier molecular flexibility index (Phi) is 4.85. The topological polar surface area (TPSA) is 32.5 Å². The second-order valence-corrected chi connectivity index (χ2v) is 4.66. The molecule has 14 heavy (non-hydrogen) atoms.